The van der Waals surface area contributed by atoms with Crippen molar-refractivity contribution in [2.75, 3.05) is 13.7 Å². The lowest BCUT2D eigenvalue weighted by Crippen LogP contribution is -2.41. The maximum atomic E-state index is 12.4. The number of hydrogen-bond donors (Lipinski definition) is 2. The van der Waals surface area contributed by atoms with Crippen LogP contribution in [0, 0.1) is 11.3 Å². The molecule has 0 aliphatic heterocycles. The second-order valence-electron chi connectivity index (χ2n) is 7.34. The Kier molecular flexibility index (Phi) is 5.12. The summed E-state index contributed by atoms with van der Waals surface area (Å²) in [4.78, 5) is 12.4. The lowest BCUT2D eigenvalue weighted by atomic mass is 9.88. The molecule has 2 N–H and O–H groups in total. The number of nitrogens with one attached hydrogen (secondary N) is 1. The third-order valence-electron chi connectivity index (χ3n) is 4.09. The molecule has 0 bridgehead atoms. The minimum atomic E-state index is -0.175. The number of aliphatic hydroxyl groups is 1. The summed E-state index contributed by atoms with van der Waals surface area (Å²) in [5, 5.41) is 12.5. The smallest absolute Gasteiger partial charge is 0.224 e. The Morgan fingerprint density at radius 2 is 2.09 bits per heavy atom. The third kappa shape index (κ3) is 4.23. The fourth-order valence-corrected chi connectivity index (χ4v) is 3.01. The number of para-hydroxylation sites is 1. The van der Waals surface area contributed by atoms with Crippen LogP contribution in [0.1, 0.15) is 45.1 Å². The van der Waals surface area contributed by atoms with Gasteiger partial charge in [-0.05, 0) is 35.8 Å². The molecule has 1 fully saturated rings. The molecule has 1 aromatic carbocycles. The van der Waals surface area contributed by atoms with Gasteiger partial charge in [0.05, 0.1) is 19.8 Å². The summed E-state index contributed by atoms with van der Waals surface area (Å²) < 4.78 is 5.37. The van der Waals surface area contributed by atoms with Gasteiger partial charge in [0.2, 0.25) is 5.91 Å². The van der Waals surface area contributed by atoms with Crippen molar-refractivity contribution in [3.8, 4) is 5.75 Å². The number of hydrogen-bond acceptors (Lipinski definition) is 3. The normalized spacial score (nSPS) is 22.0. The van der Waals surface area contributed by atoms with Gasteiger partial charge in [-0.2, -0.15) is 0 Å². The molecule has 2 rings (SSSR count). The topological polar surface area (TPSA) is 58.6 Å². The summed E-state index contributed by atoms with van der Waals surface area (Å²) in [6.07, 6.45) is 1.61. The lowest BCUT2D eigenvalue weighted by molar-refractivity contribution is -0.123. The van der Waals surface area contributed by atoms with Gasteiger partial charge in [-0.3, -0.25) is 4.79 Å². The van der Waals surface area contributed by atoms with E-state index >= 15 is 0 Å². The van der Waals surface area contributed by atoms with E-state index in [1.54, 1.807) is 7.11 Å². The Bertz CT molecular complexity index is 521. The van der Waals surface area contributed by atoms with Gasteiger partial charge in [-0.25, -0.2) is 0 Å². The molecule has 0 saturated heterocycles. The van der Waals surface area contributed by atoms with Gasteiger partial charge in [-0.1, -0.05) is 39.0 Å². The molecule has 1 amide bonds. The zero-order valence-corrected chi connectivity index (χ0v) is 13.9. The molecule has 1 aromatic rings. The predicted molar refractivity (Wildman–Crippen MR) is 86.9 cm³/mol. The largest absolute Gasteiger partial charge is 0.496 e. The van der Waals surface area contributed by atoms with E-state index in [0.29, 0.717) is 0 Å². The van der Waals surface area contributed by atoms with Crippen LogP contribution < -0.4 is 10.1 Å². The molecule has 122 valence electrons. The lowest BCUT2D eigenvalue weighted by Gasteiger charge is -2.25. The van der Waals surface area contributed by atoms with Crippen molar-refractivity contribution in [2.45, 2.75) is 45.6 Å². The van der Waals surface area contributed by atoms with Crippen LogP contribution in [-0.4, -0.2) is 30.8 Å². The first kappa shape index (κ1) is 16.8. The number of carbonyl (C=O) groups is 1. The third-order valence-corrected chi connectivity index (χ3v) is 4.09. The van der Waals surface area contributed by atoms with Crippen LogP contribution in [0.2, 0.25) is 0 Å². The van der Waals surface area contributed by atoms with E-state index in [2.05, 4.69) is 26.1 Å². The molecule has 0 heterocycles. The van der Waals surface area contributed by atoms with Gasteiger partial charge < -0.3 is 15.2 Å². The molecular weight excluding hydrogens is 278 g/mol. The minimum Gasteiger partial charge on any atom is -0.496 e. The molecule has 22 heavy (non-hydrogen) atoms. The number of aliphatic hydroxyl groups excluding tert-OH is 1. The van der Waals surface area contributed by atoms with Gasteiger partial charge in [0.15, 0.2) is 0 Å². The summed E-state index contributed by atoms with van der Waals surface area (Å²) in [5.41, 5.74) is 1.17. The Morgan fingerprint density at radius 1 is 1.41 bits per heavy atom. The first-order chi connectivity index (χ1) is 10.4. The molecule has 3 atom stereocenters. The van der Waals surface area contributed by atoms with E-state index < -0.39 is 0 Å². The Hall–Kier alpha value is -1.55. The highest BCUT2D eigenvalue weighted by molar-refractivity contribution is 5.83. The summed E-state index contributed by atoms with van der Waals surface area (Å²) in [5.74, 6) is 1.10. The second kappa shape index (κ2) is 6.69. The Balaban J connectivity index is 1.95. The number of amides is 1. The summed E-state index contributed by atoms with van der Waals surface area (Å²) >= 11 is 0. The molecule has 1 aliphatic rings. The fraction of sp³-hybridized carbons (Fsp3) is 0.611. The number of ether oxygens (including phenoxy) is 1. The first-order valence-corrected chi connectivity index (χ1v) is 7.90. The van der Waals surface area contributed by atoms with Gasteiger partial charge in [0, 0.05) is 5.92 Å². The minimum absolute atomic E-state index is 0.00896. The molecule has 1 saturated carbocycles. The Labute approximate surface area is 132 Å². The van der Waals surface area contributed by atoms with Gasteiger partial charge in [-0.15, -0.1) is 0 Å². The van der Waals surface area contributed by atoms with Crippen LogP contribution in [0.3, 0.4) is 0 Å². The molecule has 4 nitrogen and oxygen atoms in total. The number of carbonyl (C=O) groups excluding carboxylic acids is 1. The highest BCUT2D eigenvalue weighted by Crippen LogP contribution is 2.50. The SMILES string of the molecule is COc1ccccc1C1CC1C(=O)NC(CO)CC(C)(C)C. The van der Waals surface area contributed by atoms with Crippen LogP contribution in [0.4, 0.5) is 0 Å². The van der Waals surface area contributed by atoms with Gasteiger partial charge >= 0.3 is 0 Å². The quantitative estimate of drug-likeness (QED) is 0.849. The Morgan fingerprint density at radius 3 is 2.68 bits per heavy atom. The standard InChI is InChI=1S/C18H27NO3/c1-18(2,3)10-12(11-20)19-17(21)15-9-14(15)13-7-5-6-8-16(13)22-4/h5-8,12,14-15,20H,9-11H2,1-4H3,(H,19,21). The van der Waals surface area contributed by atoms with E-state index in [1.165, 1.54) is 0 Å². The van der Waals surface area contributed by atoms with Crippen molar-refractivity contribution >= 4 is 5.91 Å². The van der Waals surface area contributed by atoms with Crippen molar-refractivity contribution in [3.63, 3.8) is 0 Å². The van der Waals surface area contributed by atoms with E-state index in [-0.39, 0.29) is 35.8 Å². The average Bonchev–Trinajstić information content (AvgIpc) is 3.25. The zero-order chi connectivity index (χ0) is 16.3. The monoisotopic (exact) mass is 305 g/mol. The highest BCUT2D eigenvalue weighted by atomic mass is 16.5. The van der Waals surface area contributed by atoms with E-state index in [9.17, 15) is 9.90 Å². The van der Waals surface area contributed by atoms with Crippen molar-refractivity contribution in [3.05, 3.63) is 29.8 Å². The van der Waals surface area contributed by atoms with Crippen molar-refractivity contribution < 1.29 is 14.6 Å². The predicted octanol–water partition coefficient (Wildman–Crippen LogP) is 2.71. The fourth-order valence-electron chi connectivity index (χ4n) is 3.01. The van der Waals surface area contributed by atoms with E-state index in [0.717, 1.165) is 24.2 Å². The second-order valence-corrected chi connectivity index (χ2v) is 7.34. The molecule has 0 radical (unpaired) electrons. The van der Waals surface area contributed by atoms with Crippen LogP contribution in [0.15, 0.2) is 24.3 Å². The summed E-state index contributed by atoms with van der Waals surface area (Å²) in [7, 11) is 1.65. The number of methoxy groups -OCH3 is 1. The van der Waals surface area contributed by atoms with Crippen molar-refractivity contribution in [1.29, 1.82) is 0 Å². The number of benzene rings is 1. The average molecular weight is 305 g/mol. The molecule has 1 aliphatic carbocycles. The van der Waals surface area contributed by atoms with Crippen LogP contribution in [0.5, 0.6) is 5.75 Å². The molecular formula is C18H27NO3. The maximum Gasteiger partial charge on any atom is 0.224 e. The zero-order valence-electron chi connectivity index (χ0n) is 13.9. The molecule has 3 unspecified atom stereocenters. The molecule has 0 aromatic heterocycles. The van der Waals surface area contributed by atoms with Crippen LogP contribution in [0.25, 0.3) is 0 Å². The molecule has 0 spiro atoms. The van der Waals surface area contributed by atoms with Crippen LogP contribution in [-0.2, 0) is 4.79 Å². The highest BCUT2D eigenvalue weighted by Gasteiger charge is 2.45. The summed E-state index contributed by atoms with van der Waals surface area (Å²) in [6.45, 7) is 6.30. The summed E-state index contributed by atoms with van der Waals surface area (Å²) in [6, 6.07) is 7.69. The van der Waals surface area contributed by atoms with Crippen molar-refractivity contribution in [2.24, 2.45) is 11.3 Å². The van der Waals surface area contributed by atoms with Gasteiger partial charge in [0.25, 0.3) is 0 Å². The first-order valence-electron chi connectivity index (χ1n) is 7.90. The number of rotatable bonds is 6. The van der Waals surface area contributed by atoms with Gasteiger partial charge in [0.1, 0.15) is 5.75 Å². The van der Waals surface area contributed by atoms with Crippen molar-refractivity contribution in [1.82, 2.24) is 5.32 Å². The van der Waals surface area contributed by atoms with E-state index in [4.69, 9.17) is 4.74 Å². The van der Waals surface area contributed by atoms with Crippen LogP contribution >= 0.6 is 0 Å². The maximum absolute atomic E-state index is 12.4. The molecule has 4 heteroatoms. The van der Waals surface area contributed by atoms with E-state index in [1.807, 2.05) is 24.3 Å².